The second-order valence-electron chi connectivity index (χ2n) is 10.4. The molecule has 3 aromatic rings. The number of guanidine groups is 1. The van der Waals surface area contributed by atoms with E-state index in [1.807, 2.05) is 30.3 Å². The minimum atomic E-state index is -1.28. The maximum atomic E-state index is 13.7. The number of aliphatic carboxylic acids is 1. The number of rotatable bonds is 17. The first-order valence-corrected chi connectivity index (χ1v) is 14.3. The number of amides is 3. The maximum Gasteiger partial charge on any atom is 0.326 e. The van der Waals surface area contributed by atoms with Crippen LogP contribution < -0.4 is 33.2 Å². The number of H-pyrrole nitrogens is 1. The molecule has 15 nitrogen and oxygen atoms in total. The number of carboxylic acids is 1. The van der Waals surface area contributed by atoms with Crippen LogP contribution in [0.2, 0.25) is 0 Å². The molecule has 3 rings (SSSR count). The summed E-state index contributed by atoms with van der Waals surface area (Å²) in [6, 6.07) is 10.6. The van der Waals surface area contributed by atoms with Crippen LogP contribution in [0.4, 0.5) is 0 Å². The molecule has 2 aromatic carbocycles. The smallest absolute Gasteiger partial charge is 0.326 e. The number of nitrogens with one attached hydrogen (secondary N) is 4. The highest BCUT2D eigenvalue weighted by Gasteiger charge is 2.31. The van der Waals surface area contributed by atoms with Crippen LogP contribution >= 0.6 is 0 Å². The van der Waals surface area contributed by atoms with Gasteiger partial charge in [-0.15, -0.1) is 0 Å². The number of carboxylic acid groups (broad SMARTS) is 1. The van der Waals surface area contributed by atoms with E-state index in [2.05, 4.69) is 30.9 Å². The van der Waals surface area contributed by atoms with Crippen LogP contribution in [0.15, 0.2) is 72.1 Å². The zero-order valence-electron chi connectivity index (χ0n) is 24.6. The van der Waals surface area contributed by atoms with E-state index >= 15 is 0 Å². The molecule has 240 valence electrons. The lowest BCUT2D eigenvalue weighted by atomic mass is 10.0. The van der Waals surface area contributed by atoms with Gasteiger partial charge in [0, 0.05) is 31.3 Å². The van der Waals surface area contributed by atoms with Gasteiger partial charge in [-0.2, -0.15) is 0 Å². The number of aromatic hydroxyl groups is 1. The molecule has 0 bridgehead atoms. The van der Waals surface area contributed by atoms with Crippen LogP contribution in [-0.4, -0.2) is 80.5 Å². The number of phenolic OH excluding ortho intramolecular Hbond substituents is 1. The van der Waals surface area contributed by atoms with E-state index in [0.29, 0.717) is 11.3 Å². The normalized spacial score (nSPS) is 13.4. The Bertz CT molecular complexity index is 1430. The molecule has 4 unspecified atom stereocenters. The summed E-state index contributed by atoms with van der Waals surface area (Å²) < 4.78 is 0. The predicted octanol–water partition coefficient (Wildman–Crippen LogP) is -0.937. The Balaban J connectivity index is 1.79. The Labute approximate surface area is 259 Å². The third-order valence-corrected chi connectivity index (χ3v) is 6.82. The van der Waals surface area contributed by atoms with Gasteiger partial charge in [0.05, 0.1) is 12.4 Å². The fourth-order valence-corrected chi connectivity index (χ4v) is 4.45. The molecule has 4 atom stereocenters. The number of aromatic amines is 1. The Morgan fingerprint density at radius 1 is 0.822 bits per heavy atom. The summed E-state index contributed by atoms with van der Waals surface area (Å²) in [5.74, 6) is -3.44. The molecule has 0 aliphatic carbocycles. The van der Waals surface area contributed by atoms with Crippen LogP contribution in [0.3, 0.4) is 0 Å². The first kappa shape index (κ1) is 34.1. The van der Waals surface area contributed by atoms with Gasteiger partial charge in [-0.25, -0.2) is 9.78 Å². The van der Waals surface area contributed by atoms with Crippen molar-refractivity contribution in [3.8, 4) is 5.75 Å². The lowest BCUT2D eigenvalue weighted by molar-refractivity contribution is -0.142. The average molecular weight is 622 g/mol. The van der Waals surface area contributed by atoms with E-state index in [0.717, 1.165) is 5.56 Å². The molecule has 0 aliphatic heterocycles. The molecule has 0 radical (unpaired) electrons. The van der Waals surface area contributed by atoms with Gasteiger partial charge < -0.3 is 48.3 Å². The van der Waals surface area contributed by atoms with Crippen LogP contribution in [-0.2, 0) is 38.4 Å². The summed E-state index contributed by atoms with van der Waals surface area (Å²) in [4.78, 5) is 62.7. The van der Waals surface area contributed by atoms with E-state index < -0.39 is 47.9 Å². The molecule has 15 heteroatoms. The molecule has 0 aliphatic rings. The third kappa shape index (κ3) is 11.6. The molecule has 0 spiro atoms. The second kappa shape index (κ2) is 17.0. The lowest BCUT2D eigenvalue weighted by Crippen LogP contribution is -2.58. The van der Waals surface area contributed by atoms with Crippen LogP contribution in [0.25, 0.3) is 0 Å². The number of benzene rings is 2. The van der Waals surface area contributed by atoms with Crippen molar-refractivity contribution in [1.29, 1.82) is 0 Å². The molecule has 0 saturated carbocycles. The van der Waals surface area contributed by atoms with E-state index in [1.165, 1.54) is 24.7 Å². The van der Waals surface area contributed by atoms with Gasteiger partial charge in [0.25, 0.3) is 0 Å². The second-order valence-corrected chi connectivity index (χ2v) is 10.4. The highest BCUT2D eigenvalue weighted by Crippen LogP contribution is 2.13. The van der Waals surface area contributed by atoms with Gasteiger partial charge in [-0.1, -0.05) is 42.5 Å². The Morgan fingerprint density at radius 2 is 1.42 bits per heavy atom. The number of nitrogens with two attached hydrogens (primary N) is 3. The van der Waals surface area contributed by atoms with Crippen molar-refractivity contribution in [2.24, 2.45) is 22.2 Å². The molecule has 0 saturated heterocycles. The van der Waals surface area contributed by atoms with Gasteiger partial charge in [0.1, 0.15) is 23.9 Å². The van der Waals surface area contributed by atoms with Gasteiger partial charge in [0.15, 0.2) is 5.96 Å². The highest BCUT2D eigenvalue weighted by molar-refractivity contribution is 5.94. The Morgan fingerprint density at radius 3 is 2.02 bits per heavy atom. The molecule has 3 amide bonds. The van der Waals surface area contributed by atoms with Crippen molar-refractivity contribution in [3.63, 3.8) is 0 Å². The average Bonchev–Trinajstić information content (AvgIpc) is 3.52. The summed E-state index contributed by atoms with van der Waals surface area (Å²) in [5.41, 5.74) is 18.7. The maximum absolute atomic E-state index is 13.7. The largest absolute Gasteiger partial charge is 0.508 e. The standard InChI is InChI=1S/C30H39N9O6/c31-22(13-18-5-2-1-3-6-18)26(41)38-24(14-19-8-10-21(40)11-9-19)27(42)39-25(15-20-16-34-17-36-20)28(43)37-23(29(44)45)7-4-12-35-30(32)33/h1-3,5-6,8-11,16-17,22-25,40H,4,7,12-15,31H2,(H,34,36)(H,37,43)(H,38,41)(H,39,42)(H,44,45)(H4,32,33,35). The van der Waals surface area contributed by atoms with Crippen molar-refractivity contribution < 1.29 is 29.4 Å². The number of imidazole rings is 1. The van der Waals surface area contributed by atoms with E-state index in [9.17, 15) is 29.4 Å². The first-order chi connectivity index (χ1) is 21.5. The molecule has 45 heavy (non-hydrogen) atoms. The zero-order chi connectivity index (χ0) is 32.8. The number of phenols is 1. The lowest BCUT2D eigenvalue weighted by Gasteiger charge is -2.25. The Kier molecular flexibility index (Phi) is 12.9. The van der Waals surface area contributed by atoms with E-state index in [1.54, 1.807) is 12.1 Å². The highest BCUT2D eigenvalue weighted by atomic mass is 16.4. The Hall–Kier alpha value is -5.44. The fraction of sp³-hybridized carbons (Fsp3) is 0.333. The van der Waals surface area contributed by atoms with Crippen molar-refractivity contribution >= 4 is 29.7 Å². The van der Waals surface area contributed by atoms with Crippen LogP contribution in [0.5, 0.6) is 5.75 Å². The summed E-state index contributed by atoms with van der Waals surface area (Å²) in [6.07, 6.45) is 3.36. The summed E-state index contributed by atoms with van der Waals surface area (Å²) in [6.45, 7) is 0.168. The molecule has 12 N–H and O–H groups in total. The van der Waals surface area contributed by atoms with Crippen molar-refractivity contribution in [2.45, 2.75) is 56.3 Å². The zero-order valence-corrected chi connectivity index (χ0v) is 24.6. The van der Waals surface area contributed by atoms with Crippen molar-refractivity contribution in [2.75, 3.05) is 6.54 Å². The number of carbonyl (C=O) groups is 4. The minimum Gasteiger partial charge on any atom is -0.508 e. The number of nitrogens with zero attached hydrogens (tertiary/aromatic N) is 2. The minimum absolute atomic E-state index is 0.0108. The number of aromatic nitrogens is 2. The molecule has 1 aromatic heterocycles. The molecule has 1 heterocycles. The number of carbonyl (C=O) groups excluding carboxylic acids is 3. The van der Waals surface area contributed by atoms with E-state index in [4.69, 9.17) is 17.2 Å². The number of hydrogen-bond donors (Lipinski definition) is 9. The van der Waals surface area contributed by atoms with Crippen molar-refractivity contribution in [3.05, 3.63) is 83.9 Å². The summed E-state index contributed by atoms with van der Waals surface area (Å²) >= 11 is 0. The monoisotopic (exact) mass is 621 g/mol. The molecular weight excluding hydrogens is 582 g/mol. The van der Waals surface area contributed by atoms with Gasteiger partial charge in [-0.05, 0) is 42.5 Å². The predicted molar refractivity (Wildman–Crippen MR) is 166 cm³/mol. The van der Waals surface area contributed by atoms with Crippen LogP contribution in [0, 0.1) is 0 Å². The molecule has 0 fully saturated rings. The fourth-order valence-electron chi connectivity index (χ4n) is 4.45. The van der Waals surface area contributed by atoms with Gasteiger partial charge in [0.2, 0.25) is 17.7 Å². The van der Waals surface area contributed by atoms with Gasteiger partial charge in [-0.3, -0.25) is 19.4 Å². The quantitative estimate of drug-likeness (QED) is 0.0507. The molecular formula is C30H39N9O6. The number of aliphatic imine (C=N–C) groups is 1. The van der Waals surface area contributed by atoms with Crippen LogP contribution in [0.1, 0.15) is 29.7 Å². The van der Waals surface area contributed by atoms with Gasteiger partial charge >= 0.3 is 5.97 Å². The summed E-state index contributed by atoms with van der Waals surface area (Å²) in [7, 11) is 0. The summed E-state index contributed by atoms with van der Waals surface area (Å²) in [5, 5.41) is 27.2. The van der Waals surface area contributed by atoms with E-state index in [-0.39, 0.29) is 50.4 Å². The third-order valence-electron chi connectivity index (χ3n) is 6.82. The topological polar surface area (TPSA) is 264 Å². The SMILES string of the molecule is NC(N)=NCCCC(NC(=O)C(Cc1cnc[nH]1)NC(=O)C(Cc1ccc(O)cc1)NC(=O)C(N)Cc1ccccc1)C(=O)O. The number of hydrogen-bond acceptors (Lipinski definition) is 8. The first-order valence-electron chi connectivity index (χ1n) is 14.3. The van der Waals surface area contributed by atoms with Crippen molar-refractivity contribution in [1.82, 2.24) is 25.9 Å².